The normalized spacial score (nSPS) is 14.9. The van der Waals surface area contributed by atoms with E-state index in [0.29, 0.717) is 6.61 Å². The summed E-state index contributed by atoms with van der Waals surface area (Å²) in [6.07, 6.45) is 0.111. The lowest BCUT2D eigenvalue weighted by atomic mass is 9.82. The molecule has 1 aromatic carbocycles. The van der Waals surface area contributed by atoms with Crippen molar-refractivity contribution in [3.05, 3.63) is 29.8 Å². The Morgan fingerprint density at radius 2 is 1.90 bits per heavy atom. The summed E-state index contributed by atoms with van der Waals surface area (Å²) in [6.45, 7) is 12.5. The molecule has 1 N–H and O–H groups in total. The molecule has 1 rings (SSSR count). The average Bonchev–Trinajstić information content (AvgIpc) is 2.41. The van der Waals surface area contributed by atoms with Crippen molar-refractivity contribution in [3.8, 4) is 5.75 Å². The zero-order valence-corrected chi connectivity index (χ0v) is 13.7. The van der Waals surface area contributed by atoms with Gasteiger partial charge in [-0.3, -0.25) is 0 Å². The number of hydrogen-bond acceptors (Lipinski definition) is 3. The molecule has 0 saturated carbocycles. The van der Waals surface area contributed by atoms with Crippen molar-refractivity contribution in [2.75, 3.05) is 20.3 Å². The molecule has 0 radical (unpaired) electrons. The Bertz CT molecular complexity index is 398. The van der Waals surface area contributed by atoms with E-state index in [1.54, 1.807) is 7.11 Å². The third-order valence-electron chi connectivity index (χ3n) is 3.38. The minimum absolute atomic E-state index is 0.0614. The minimum atomic E-state index is 0.0614. The van der Waals surface area contributed by atoms with Gasteiger partial charge in [0.05, 0.1) is 19.3 Å². The molecule has 0 bridgehead atoms. The Labute approximate surface area is 123 Å². The van der Waals surface area contributed by atoms with Crippen LogP contribution >= 0.6 is 0 Å². The predicted molar refractivity (Wildman–Crippen MR) is 84.3 cm³/mol. The van der Waals surface area contributed by atoms with Gasteiger partial charge in [-0.15, -0.1) is 0 Å². The van der Waals surface area contributed by atoms with E-state index in [4.69, 9.17) is 9.47 Å². The van der Waals surface area contributed by atoms with Gasteiger partial charge in [-0.25, -0.2) is 0 Å². The SMILES string of the molecule is CCNC(c1cccc(OC)c1)C(OCC)C(C)(C)C. The van der Waals surface area contributed by atoms with E-state index in [2.05, 4.69) is 45.1 Å². The smallest absolute Gasteiger partial charge is 0.119 e. The van der Waals surface area contributed by atoms with E-state index in [-0.39, 0.29) is 17.6 Å². The molecule has 3 heteroatoms. The third kappa shape index (κ3) is 4.50. The van der Waals surface area contributed by atoms with Gasteiger partial charge in [-0.2, -0.15) is 0 Å². The zero-order chi connectivity index (χ0) is 15.2. The summed E-state index contributed by atoms with van der Waals surface area (Å²) in [5.74, 6) is 0.884. The van der Waals surface area contributed by atoms with Crippen LogP contribution in [-0.2, 0) is 4.74 Å². The summed E-state index contributed by atoms with van der Waals surface area (Å²) in [5.41, 5.74) is 1.27. The first kappa shape index (κ1) is 17.0. The van der Waals surface area contributed by atoms with Crippen LogP contribution in [0.4, 0.5) is 0 Å². The van der Waals surface area contributed by atoms with Crippen LogP contribution < -0.4 is 10.1 Å². The Hall–Kier alpha value is -1.06. The largest absolute Gasteiger partial charge is 0.497 e. The van der Waals surface area contributed by atoms with Gasteiger partial charge in [0.25, 0.3) is 0 Å². The highest BCUT2D eigenvalue weighted by atomic mass is 16.5. The monoisotopic (exact) mass is 279 g/mol. The topological polar surface area (TPSA) is 30.5 Å². The van der Waals surface area contributed by atoms with E-state index in [1.807, 2.05) is 19.1 Å². The van der Waals surface area contributed by atoms with Gasteiger partial charge in [0.2, 0.25) is 0 Å². The van der Waals surface area contributed by atoms with E-state index < -0.39 is 0 Å². The lowest BCUT2D eigenvalue weighted by Gasteiger charge is -2.37. The summed E-state index contributed by atoms with van der Waals surface area (Å²) in [7, 11) is 1.70. The van der Waals surface area contributed by atoms with Gasteiger partial charge in [0.15, 0.2) is 0 Å². The standard InChI is InChI=1S/C17H29NO2/c1-7-18-15(16(20-8-2)17(3,4)5)13-10-9-11-14(12-13)19-6/h9-12,15-16,18H,7-8H2,1-6H3. The average molecular weight is 279 g/mol. The molecule has 0 heterocycles. The number of likely N-dealkylation sites (N-methyl/N-ethyl adjacent to an activating group) is 1. The number of benzene rings is 1. The molecule has 0 aromatic heterocycles. The van der Waals surface area contributed by atoms with Gasteiger partial charge < -0.3 is 14.8 Å². The Balaban J connectivity index is 3.12. The fourth-order valence-electron chi connectivity index (χ4n) is 2.48. The van der Waals surface area contributed by atoms with Gasteiger partial charge in [0.1, 0.15) is 5.75 Å². The molecule has 0 aliphatic rings. The maximum absolute atomic E-state index is 6.05. The third-order valence-corrected chi connectivity index (χ3v) is 3.38. The van der Waals surface area contributed by atoms with Crippen LogP contribution in [-0.4, -0.2) is 26.4 Å². The first-order valence-corrected chi connectivity index (χ1v) is 7.43. The fourth-order valence-corrected chi connectivity index (χ4v) is 2.48. The minimum Gasteiger partial charge on any atom is -0.497 e. The van der Waals surface area contributed by atoms with Crippen molar-refractivity contribution in [1.82, 2.24) is 5.32 Å². The van der Waals surface area contributed by atoms with Crippen molar-refractivity contribution in [2.24, 2.45) is 5.41 Å². The highest BCUT2D eigenvalue weighted by molar-refractivity contribution is 5.31. The molecule has 114 valence electrons. The van der Waals surface area contributed by atoms with Crippen LogP contribution in [0.15, 0.2) is 24.3 Å². The molecular weight excluding hydrogens is 250 g/mol. The van der Waals surface area contributed by atoms with Crippen molar-refractivity contribution in [3.63, 3.8) is 0 Å². The van der Waals surface area contributed by atoms with E-state index in [0.717, 1.165) is 12.3 Å². The number of nitrogens with one attached hydrogen (secondary N) is 1. The molecule has 2 atom stereocenters. The highest BCUT2D eigenvalue weighted by Crippen LogP contribution is 2.33. The molecule has 3 nitrogen and oxygen atoms in total. The molecule has 0 spiro atoms. The molecule has 1 aromatic rings. The van der Waals surface area contributed by atoms with Crippen LogP contribution in [0.2, 0.25) is 0 Å². The quantitative estimate of drug-likeness (QED) is 0.823. The summed E-state index contributed by atoms with van der Waals surface area (Å²) in [5, 5.41) is 3.56. The summed E-state index contributed by atoms with van der Waals surface area (Å²) in [4.78, 5) is 0. The second-order valence-electron chi connectivity index (χ2n) is 6.05. The molecule has 0 amide bonds. The zero-order valence-electron chi connectivity index (χ0n) is 13.7. The van der Waals surface area contributed by atoms with Crippen LogP contribution in [0.1, 0.15) is 46.2 Å². The van der Waals surface area contributed by atoms with Gasteiger partial charge in [0, 0.05) is 6.61 Å². The van der Waals surface area contributed by atoms with Crippen molar-refractivity contribution < 1.29 is 9.47 Å². The highest BCUT2D eigenvalue weighted by Gasteiger charge is 2.33. The molecule has 2 unspecified atom stereocenters. The summed E-state index contributed by atoms with van der Waals surface area (Å²) < 4.78 is 11.4. The van der Waals surface area contributed by atoms with Gasteiger partial charge >= 0.3 is 0 Å². The number of methoxy groups -OCH3 is 1. The van der Waals surface area contributed by atoms with Gasteiger partial charge in [-0.05, 0) is 36.6 Å². The summed E-state index contributed by atoms with van der Waals surface area (Å²) in [6, 6.07) is 8.39. The van der Waals surface area contributed by atoms with E-state index in [1.165, 1.54) is 5.56 Å². The Kier molecular flexibility index (Phi) is 6.50. The fraction of sp³-hybridized carbons (Fsp3) is 0.647. The second kappa shape index (κ2) is 7.65. The molecule has 0 aliphatic heterocycles. The maximum atomic E-state index is 6.05. The van der Waals surface area contributed by atoms with Crippen LogP contribution in [0, 0.1) is 5.41 Å². The van der Waals surface area contributed by atoms with E-state index in [9.17, 15) is 0 Å². The second-order valence-corrected chi connectivity index (χ2v) is 6.05. The van der Waals surface area contributed by atoms with Crippen LogP contribution in [0.25, 0.3) is 0 Å². The van der Waals surface area contributed by atoms with Crippen molar-refractivity contribution in [2.45, 2.75) is 46.8 Å². The molecular formula is C17H29NO2. The first-order chi connectivity index (χ1) is 9.43. The van der Waals surface area contributed by atoms with Crippen LogP contribution in [0.5, 0.6) is 5.75 Å². The number of hydrogen-bond donors (Lipinski definition) is 1. The molecule has 0 fully saturated rings. The van der Waals surface area contributed by atoms with Crippen LogP contribution in [0.3, 0.4) is 0 Å². The first-order valence-electron chi connectivity index (χ1n) is 7.43. The van der Waals surface area contributed by atoms with Gasteiger partial charge in [-0.1, -0.05) is 39.8 Å². The lowest BCUT2D eigenvalue weighted by Crippen LogP contribution is -2.42. The Morgan fingerprint density at radius 1 is 1.20 bits per heavy atom. The lowest BCUT2D eigenvalue weighted by molar-refractivity contribution is -0.0363. The van der Waals surface area contributed by atoms with E-state index >= 15 is 0 Å². The molecule has 0 aliphatic carbocycles. The number of ether oxygens (including phenoxy) is 2. The van der Waals surface area contributed by atoms with Crippen molar-refractivity contribution >= 4 is 0 Å². The molecule has 20 heavy (non-hydrogen) atoms. The molecule has 0 saturated heterocycles. The van der Waals surface area contributed by atoms with Crippen molar-refractivity contribution in [1.29, 1.82) is 0 Å². The summed E-state index contributed by atoms with van der Waals surface area (Å²) >= 11 is 0. The maximum Gasteiger partial charge on any atom is 0.119 e. The predicted octanol–water partition coefficient (Wildman–Crippen LogP) is 3.80. The Morgan fingerprint density at radius 3 is 2.40 bits per heavy atom. The number of rotatable bonds is 7.